The predicted octanol–water partition coefficient (Wildman–Crippen LogP) is 2.41. The van der Waals surface area contributed by atoms with E-state index in [2.05, 4.69) is 10.3 Å². The molecule has 2 aromatic rings. The zero-order valence-corrected chi connectivity index (χ0v) is 17.6. The lowest BCUT2D eigenvalue weighted by Crippen LogP contribution is -2.36. The minimum atomic E-state index is -0.289. The maximum absolute atomic E-state index is 13.1. The minimum Gasteiger partial charge on any atom is -0.395 e. The van der Waals surface area contributed by atoms with Crippen LogP contribution in [-0.4, -0.2) is 48.8 Å². The van der Waals surface area contributed by atoms with Crippen LogP contribution < -0.4 is 10.9 Å². The highest BCUT2D eigenvalue weighted by molar-refractivity contribution is 8.26. The number of hydrogen-bond donors (Lipinski definition) is 2. The predicted molar refractivity (Wildman–Crippen MR) is 117 cm³/mol. The standard InChI is InChI=1S/C19H22N4O3S2/c1-4-12(3)23-18(26)14(28-19(23)27)10-13-15(20-7-9-24)21-16-11(2)6-5-8-22(16)17(13)25/h5-6,8,10,12,20,24H,4,7,9H2,1-3H3/b14-10-/t12-/m0/s1. The first-order chi connectivity index (χ1) is 13.4. The molecule has 0 bridgehead atoms. The molecule has 0 saturated carbocycles. The summed E-state index contributed by atoms with van der Waals surface area (Å²) in [6.45, 7) is 5.94. The van der Waals surface area contributed by atoms with Crippen LogP contribution in [0.15, 0.2) is 28.0 Å². The van der Waals surface area contributed by atoms with E-state index in [-0.39, 0.29) is 36.2 Å². The second-order valence-electron chi connectivity index (χ2n) is 6.52. The third-order valence-electron chi connectivity index (χ3n) is 4.62. The summed E-state index contributed by atoms with van der Waals surface area (Å²) in [4.78, 5) is 32.5. The van der Waals surface area contributed by atoms with Gasteiger partial charge in [0, 0.05) is 18.8 Å². The molecule has 3 heterocycles. The van der Waals surface area contributed by atoms with Gasteiger partial charge >= 0.3 is 0 Å². The first-order valence-electron chi connectivity index (χ1n) is 9.02. The number of thiocarbonyl (C=S) groups is 1. The average Bonchev–Trinajstić information content (AvgIpc) is 2.96. The van der Waals surface area contributed by atoms with Gasteiger partial charge < -0.3 is 10.4 Å². The first-order valence-corrected chi connectivity index (χ1v) is 10.2. The Bertz CT molecular complexity index is 1030. The van der Waals surface area contributed by atoms with Gasteiger partial charge in [-0.1, -0.05) is 37.0 Å². The number of amides is 1. The second kappa shape index (κ2) is 8.42. The molecule has 3 rings (SSSR count). The molecule has 28 heavy (non-hydrogen) atoms. The van der Waals surface area contributed by atoms with E-state index in [0.29, 0.717) is 20.7 Å². The number of carbonyl (C=O) groups is 1. The van der Waals surface area contributed by atoms with E-state index in [1.807, 2.05) is 26.8 Å². The number of pyridine rings is 1. The topological polar surface area (TPSA) is 86.9 Å². The fraction of sp³-hybridized carbons (Fsp3) is 0.368. The van der Waals surface area contributed by atoms with Crippen molar-refractivity contribution in [1.82, 2.24) is 14.3 Å². The Kier molecular flexibility index (Phi) is 6.17. The Hall–Kier alpha value is -2.23. The minimum absolute atomic E-state index is 0.0103. The van der Waals surface area contributed by atoms with Gasteiger partial charge in [-0.2, -0.15) is 0 Å². The van der Waals surface area contributed by atoms with Crippen molar-refractivity contribution < 1.29 is 9.90 Å². The van der Waals surface area contributed by atoms with Crippen LogP contribution >= 0.6 is 24.0 Å². The quantitative estimate of drug-likeness (QED) is 0.550. The van der Waals surface area contributed by atoms with Crippen LogP contribution in [-0.2, 0) is 4.79 Å². The molecule has 7 nitrogen and oxygen atoms in total. The van der Waals surface area contributed by atoms with Crippen molar-refractivity contribution in [1.29, 1.82) is 0 Å². The molecule has 148 valence electrons. The van der Waals surface area contributed by atoms with Crippen molar-refractivity contribution in [3.8, 4) is 0 Å². The molecule has 0 aromatic carbocycles. The van der Waals surface area contributed by atoms with Crippen LogP contribution in [0.1, 0.15) is 31.4 Å². The highest BCUT2D eigenvalue weighted by Gasteiger charge is 2.35. The normalized spacial score (nSPS) is 17.0. The number of aliphatic hydroxyl groups excluding tert-OH is 1. The van der Waals surface area contributed by atoms with Gasteiger partial charge in [-0.05, 0) is 38.0 Å². The van der Waals surface area contributed by atoms with Crippen LogP contribution in [0.5, 0.6) is 0 Å². The summed E-state index contributed by atoms with van der Waals surface area (Å²) < 4.78 is 1.95. The van der Waals surface area contributed by atoms with Crippen LogP contribution in [0.2, 0.25) is 0 Å². The summed E-state index contributed by atoms with van der Waals surface area (Å²) in [5, 5.41) is 12.2. The van der Waals surface area contributed by atoms with Gasteiger partial charge in [-0.15, -0.1) is 0 Å². The molecule has 0 spiro atoms. The fourth-order valence-electron chi connectivity index (χ4n) is 2.92. The summed E-state index contributed by atoms with van der Waals surface area (Å²) in [6, 6.07) is 3.64. The summed E-state index contributed by atoms with van der Waals surface area (Å²) in [5.41, 5.74) is 1.35. The molecule has 1 aliphatic heterocycles. The van der Waals surface area contributed by atoms with Crippen molar-refractivity contribution in [2.24, 2.45) is 0 Å². The van der Waals surface area contributed by atoms with Gasteiger partial charge in [0.1, 0.15) is 15.8 Å². The number of hydrogen-bond acceptors (Lipinski definition) is 7. The average molecular weight is 419 g/mol. The van der Waals surface area contributed by atoms with Crippen LogP contribution in [0.25, 0.3) is 11.7 Å². The summed E-state index contributed by atoms with van der Waals surface area (Å²) >= 11 is 6.55. The molecule has 1 amide bonds. The van der Waals surface area contributed by atoms with Gasteiger partial charge in [0.2, 0.25) is 0 Å². The lowest BCUT2D eigenvalue weighted by Gasteiger charge is -2.21. The maximum atomic E-state index is 13.1. The molecular weight excluding hydrogens is 396 g/mol. The van der Waals surface area contributed by atoms with Gasteiger partial charge in [-0.3, -0.25) is 18.9 Å². The van der Waals surface area contributed by atoms with Crippen LogP contribution in [0.3, 0.4) is 0 Å². The molecule has 2 N–H and O–H groups in total. The number of rotatable bonds is 6. The van der Waals surface area contributed by atoms with Crippen molar-refractivity contribution >= 4 is 51.7 Å². The van der Waals surface area contributed by atoms with Gasteiger partial charge in [0.25, 0.3) is 11.5 Å². The van der Waals surface area contributed by atoms with Crippen LogP contribution in [0, 0.1) is 6.92 Å². The van der Waals surface area contributed by atoms with Crippen LogP contribution in [0.4, 0.5) is 5.82 Å². The number of thioether (sulfide) groups is 1. The maximum Gasteiger partial charge on any atom is 0.267 e. The fourth-order valence-corrected chi connectivity index (χ4v) is 4.37. The number of aliphatic hydroxyl groups is 1. The highest BCUT2D eigenvalue weighted by Crippen LogP contribution is 2.34. The Balaban J connectivity index is 2.15. The van der Waals surface area contributed by atoms with E-state index in [1.54, 1.807) is 23.2 Å². The van der Waals surface area contributed by atoms with E-state index in [9.17, 15) is 9.59 Å². The van der Waals surface area contributed by atoms with E-state index in [0.717, 1.165) is 12.0 Å². The van der Waals surface area contributed by atoms with Crippen molar-refractivity contribution in [2.45, 2.75) is 33.2 Å². The Morgan fingerprint density at radius 3 is 2.86 bits per heavy atom. The number of aryl methyl sites for hydroxylation is 1. The van der Waals surface area contributed by atoms with E-state index in [1.165, 1.54) is 16.2 Å². The van der Waals surface area contributed by atoms with E-state index < -0.39 is 0 Å². The molecular formula is C19H22N4O3S2. The molecule has 1 atom stereocenters. The van der Waals surface area contributed by atoms with Crippen molar-refractivity contribution in [3.63, 3.8) is 0 Å². The van der Waals surface area contributed by atoms with E-state index >= 15 is 0 Å². The SMILES string of the molecule is CC[C@H](C)N1C(=O)/C(=C/c2c(NCCO)nc3c(C)cccn3c2=O)SC1=S. The number of aromatic nitrogens is 2. The number of nitrogens with zero attached hydrogens (tertiary/aromatic N) is 3. The first kappa shape index (κ1) is 20.5. The summed E-state index contributed by atoms with van der Waals surface area (Å²) in [7, 11) is 0. The van der Waals surface area contributed by atoms with Crippen molar-refractivity contribution in [3.05, 3.63) is 44.7 Å². The molecule has 1 aliphatic rings. The molecule has 0 unspecified atom stereocenters. The monoisotopic (exact) mass is 418 g/mol. The number of carbonyl (C=O) groups excluding carboxylic acids is 1. The lowest BCUT2D eigenvalue weighted by atomic mass is 10.2. The largest absolute Gasteiger partial charge is 0.395 e. The zero-order chi connectivity index (χ0) is 20.4. The molecule has 1 fully saturated rings. The molecule has 0 radical (unpaired) electrons. The van der Waals surface area contributed by atoms with Gasteiger partial charge in [0.15, 0.2) is 0 Å². The molecule has 0 aliphatic carbocycles. The Morgan fingerprint density at radius 2 is 2.18 bits per heavy atom. The number of fused-ring (bicyclic) bond motifs is 1. The number of nitrogens with one attached hydrogen (secondary N) is 1. The molecule has 2 aromatic heterocycles. The smallest absolute Gasteiger partial charge is 0.267 e. The molecule has 9 heteroatoms. The third-order valence-corrected chi connectivity index (χ3v) is 5.95. The molecule has 1 saturated heterocycles. The van der Waals surface area contributed by atoms with Crippen molar-refractivity contribution in [2.75, 3.05) is 18.5 Å². The number of anilines is 1. The highest BCUT2D eigenvalue weighted by atomic mass is 32.2. The lowest BCUT2D eigenvalue weighted by molar-refractivity contribution is -0.123. The Morgan fingerprint density at radius 1 is 1.43 bits per heavy atom. The summed E-state index contributed by atoms with van der Waals surface area (Å²) in [5.74, 6) is 0.133. The van der Waals surface area contributed by atoms with E-state index in [4.69, 9.17) is 17.3 Å². The Labute approximate surface area is 172 Å². The zero-order valence-electron chi connectivity index (χ0n) is 15.9. The van der Waals surface area contributed by atoms with Gasteiger partial charge in [0.05, 0.1) is 17.1 Å². The van der Waals surface area contributed by atoms with Gasteiger partial charge in [-0.25, -0.2) is 4.98 Å². The summed E-state index contributed by atoms with van der Waals surface area (Å²) in [6.07, 6.45) is 3.98. The third kappa shape index (κ3) is 3.69. The second-order valence-corrected chi connectivity index (χ2v) is 8.20.